The molecule has 1 aromatic carbocycles. The first-order valence-corrected chi connectivity index (χ1v) is 5.18. The van der Waals surface area contributed by atoms with E-state index in [1.54, 1.807) is 31.4 Å². The predicted molar refractivity (Wildman–Crippen MR) is 52.9 cm³/mol. The third-order valence-electron chi connectivity index (χ3n) is 1.58. The van der Waals surface area contributed by atoms with Crippen molar-refractivity contribution >= 4 is 11.1 Å². The lowest BCUT2D eigenvalue weighted by molar-refractivity contribution is 0.144. The molecule has 14 heavy (non-hydrogen) atoms. The van der Waals surface area contributed by atoms with Crippen molar-refractivity contribution in [1.29, 1.82) is 0 Å². The summed E-state index contributed by atoms with van der Waals surface area (Å²) in [5.41, 5.74) is 0. The van der Waals surface area contributed by atoms with E-state index in [9.17, 15) is 4.21 Å². The summed E-state index contributed by atoms with van der Waals surface area (Å²) >= 11 is -2.01. The van der Waals surface area contributed by atoms with Gasteiger partial charge in [-0.15, -0.1) is 0 Å². The van der Waals surface area contributed by atoms with Crippen molar-refractivity contribution in [1.82, 2.24) is 0 Å². The summed E-state index contributed by atoms with van der Waals surface area (Å²) in [6.45, 7) is 0.817. The highest BCUT2D eigenvalue weighted by molar-refractivity contribution is 7.79. The Morgan fingerprint density at radius 2 is 2.07 bits per heavy atom. The molecular formula is C9H12O4S. The number of rotatable bonds is 5. The van der Waals surface area contributed by atoms with Gasteiger partial charge < -0.3 is 14.0 Å². The van der Waals surface area contributed by atoms with Gasteiger partial charge in [0.2, 0.25) is 0 Å². The molecule has 5 heteroatoms. The summed E-state index contributed by atoms with van der Waals surface area (Å²) in [5.74, 6) is 0.422. The van der Waals surface area contributed by atoms with Gasteiger partial charge in [0, 0.05) is 7.11 Å². The number of benzene rings is 1. The fraction of sp³-hybridized carbons (Fsp3) is 0.333. The van der Waals surface area contributed by atoms with Gasteiger partial charge in [-0.2, -0.15) is 0 Å². The minimum absolute atomic E-state index is 0.281. The van der Waals surface area contributed by atoms with Crippen molar-refractivity contribution in [3.8, 4) is 5.75 Å². The monoisotopic (exact) mass is 216 g/mol. The van der Waals surface area contributed by atoms with Gasteiger partial charge in [-0.1, -0.05) is 12.1 Å². The van der Waals surface area contributed by atoms with Crippen LogP contribution < -0.4 is 4.74 Å². The van der Waals surface area contributed by atoms with Gasteiger partial charge >= 0.3 is 0 Å². The van der Waals surface area contributed by atoms with Crippen LogP contribution in [0.2, 0.25) is 0 Å². The van der Waals surface area contributed by atoms with Gasteiger partial charge in [-0.3, -0.25) is 0 Å². The Balaban J connectivity index is 2.69. The largest absolute Gasteiger partial charge is 0.490 e. The maximum absolute atomic E-state index is 10.9. The van der Waals surface area contributed by atoms with Crippen molar-refractivity contribution in [2.24, 2.45) is 0 Å². The molecule has 0 aromatic heterocycles. The van der Waals surface area contributed by atoms with Crippen LogP contribution in [0.4, 0.5) is 0 Å². The van der Waals surface area contributed by atoms with E-state index in [4.69, 9.17) is 14.0 Å². The van der Waals surface area contributed by atoms with Crippen molar-refractivity contribution in [3.05, 3.63) is 24.3 Å². The first-order valence-electron chi connectivity index (χ1n) is 4.07. The second-order valence-electron chi connectivity index (χ2n) is 2.54. The Morgan fingerprint density at radius 3 is 2.71 bits per heavy atom. The Hall–Kier alpha value is -0.910. The van der Waals surface area contributed by atoms with Crippen LogP contribution in [0.3, 0.4) is 0 Å². The molecule has 0 heterocycles. The zero-order chi connectivity index (χ0) is 10.4. The molecular weight excluding hydrogens is 204 g/mol. The smallest absolute Gasteiger partial charge is 0.190 e. The van der Waals surface area contributed by atoms with Gasteiger partial charge in [0.1, 0.15) is 17.3 Å². The molecule has 0 saturated carbocycles. The lowest BCUT2D eigenvalue weighted by Gasteiger charge is -2.07. The van der Waals surface area contributed by atoms with Gasteiger partial charge in [-0.25, -0.2) is 4.21 Å². The van der Waals surface area contributed by atoms with Crippen LogP contribution in [-0.4, -0.2) is 29.1 Å². The van der Waals surface area contributed by atoms with Crippen molar-refractivity contribution in [3.63, 3.8) is 0 Å². The van der Waals surface area contributed by atoms with Crippen LogP contribution in [-0.2, 0) is 15.8 Å². The molecule has 0 saturated heterocycles. The summed E-state index contributed by atoms with van der Waals surface area (Å²) in [6, 6.07) is 6.64. The predicted octanol–water partition coefficient (Wildman–Crippen LogP) is 1.29. The lowest BCUT2D eigenvalue weighted by Crippen LogP contribution is -2.06. The standard InChI is InChI=1S/C9H12O4S/c1-12-6-7-13-8-4-2-3-5-9(8)14(10)11/h2-5H,6-7H2,1H3,(H,10,11). The summed E-state index contributed by atoms with van der Waals surface area (Å²) in [6.07, 6.45) is 0. The maximum Gasteiger partial charge on any atom is 0.190 e. The molecule has 0 amide bonds. The number of hydrogen-bond donors (Lipinski definition) is 1. The summed E-state index contributed by atoms with van der Waals surface area (Å²) in [7, 11) is 1.57. The molecule has 1 rings (SSSR count). The molecule has 78 valence electrons. The molecule has 0 spiro atoms. The van der Waals surface area contributed by atoms with Crippen molar-refractivity contribution in [2.45, 2.75) is 4.90 Å². The topological polar surface area (TPSA) is 55.8 Å². The van der Waals surface area contributed by atoms with Crippen LogP contribution in [0.5, 0.6) is 5.75 Å². The molecule has 0 bridgehead atoms. The summed E-state index contributed by atoms with van der Waals surface area (Å²) < 4.78 is 29.8. The van der Waals surface area contributed by atoms with Gasteiger partial charge in [0.25, 0.3) is 0 Å². The quantitative estimate of drug-likeness (QED) is 0.595. The van der Waals surface area contributed by atoms with E-state index < -0.39 is 11.1 Å². The van der Waals surface area contributed by atoms with E-state index in [-0.39, 0.29) is 4.90 Å². The van der Waals surface area contributed by atoms with Crippen LogP contribution in [0.15, 0.2) is 29.2 Å². The van der Waals surface area contributed by atoms with E-state index in [0.717, 1.165) is 0 Å². The second kappa shape index (κ2) is 5.74. The molecule has 1 N–H and O–H groups in total. The molecule has 0 fully saturated rings. The molecule has 0 aliphatic heterocycles. The molecule has 0 aliphatic rings. The van der Waals surface area contributed by atoms with E-state index in [1.165, 1.54) is 0 Å². The average molecular weight is 216 g/mol. The van der Waals surface area contributed by atoms with Gasteiger partial charge in [-0.05, 0) is 12.1 Å². The van der Waals surface area contributed by atoms with Gasteiger partial charge in [0.05, 0.1) is 6.61 Å². The Labute approximate surface area is 85.1 Å². The molecule has 4 nitrogen and oxygen atoms in total. The normalized spacial score (nSPS) is 12.4. The molecule has 0 aliphatic carbocycles. The average Bonchev–Trinajstić information content (AvgIpc) is 2.19. The Morgan fingerprint density at radius 1 is 1.36 bits per heavy atom. The van der Waals surface area contributed by atoms with E-state index in [2.05, 4.69) is 0 Å². The highest BCUT2D eigenvalue weighted by Gasteiger charge is 2.07. The molecule has 0 radical (unpaired) electrons. The van der Waals surface area contributed by atoms with Crippen LogP contribution in [0.25, 0.3) is 0 Å². The summed E-state index contributed by atoms with van der Waals surface area (Å²) in [5, 5.41) is 0. The van der Waals surface area contributed by atoms with Crippen molar-refractivity contribution < 1.29 is 18.2 Å². The fourth-order valence-electron chi connectivity index (χ4n) is 0.949. The third kappa shape index (κ3) is 3.10. The molecule has 1 unspecified atom stereocenters. The number of para-hydroxylation sites is 1. The minimum atomic E-state index is -2.01. The highest BCUT2D eigenvalue weighted by Crippen LogP contribution is 2.20. The Kier molecular flexibility index (Phi) is 4.58. The number of hydrogen-bond acceptors (Lipinski definition) is 3. The fourth-order valence-corrected chi connectivity index (χ4v) is 1.44. The van der Waals surface area contributed by atoms with Gasteiger partial charge in [0.15, 0.2) is 11.1 Å². The van der Waals surface area contributed by atoms with E-state index in [1.807, 2.05) is 0 Å². The zero-order valence-corrected chi connectivity index (χ0v) is 8.62. The Bertz CT molecular complexity index is 313. The molecule has 1 aromatic rings. The van der Waals surface area contributed by atoms with E-state index >= 15 is 0 Å². The SMILES string of the molecule is COCCOc1ccccc1S(=O)O. The second-order valence-corrected chi connectivity index (χ2v) is 3.48. The maximum atomic E-state index is 10.9. The van der Waals surface area contributed by atoms with Crippen LogP contribution >= 0.6 is 0 Å². The number of ether oxygens (including phenoxy) is 2. The first-order chi connectivity index (χ1) is 6.75. The first kappa shape index (κ1) is 11.2. The lowest BCUT2D eigenvalue weighted by atomic mass is 10.3. The molecule has 1 atom stereocenters. The van der Waals surface area contributed by atoms with E-state index in [0.29, 0.717) is 19.0 Å². The number of methoxy groups -OCH3 is 1. The van der Waals surface area contributed by atoms with Crippen LogP contribution in [0.1, 0.15) is 0 Å². The minimum Gasteiger partial charge on any atom is -0.490 e. The van der Waals surface area contributed by atoms with Crippen molar-refractivity contribution in [2.75, 3.05) is 20.3 Å². The third-order valence-corrected chi connectivity index (χ3v) is 2.30. The zero-order valence-electron chi connectivity index (χ0n) is 7.80. The summed E-state index contributed by atoms with van der Waals surface area (Å²) in [4.78, 5) is 0.281. The van der Waals surface area contributed by atoms with Crippen LogP contribution in [0, 0.1) is 0 Å². The highest BCUT2D eigenvalue weighted by atomic mass is 32.2.